The fourth-order valence-corrected chi connectivity index (χ4v) is 2.69. The molecule has 2 rings (SSSR count). The maximum Gasteiger partial charge on any atom is 0.193 e. The monoisotopic (exact) mass is 502 g/mol. The summed E-state index contributed by atoms with van der Waals surface area (Å²) in [5.74, 6) is 3.02. The number of aliphatic imine (C=N–C) groups is 1. The molecule has 2 aromatic rings. The van der Waals surface area contributed by atoms with Gasteiger partial charge in [0.2, 0.25) is 0 Å². The first-order valence-electron chi connectivity index (χ1n) is 8.95. The van der Waals surface area contributed by atoms with Crippen LogP contribution in [0.1, 0.15) is 12.1 Å². The molecule has 1 aromatic heterocycles. The molecule has 156 valence electrons. The lowest BCUT2D eigenvalue weighted by molar-refractivity contribution is 0.304. The lowest BCUT2D eigenvalue weighted by atomic mass is 10.3. The summed E-state index contributed by atoms with van der Waals surface area (Å²) in [6.07, 6.45) is 2.89. The van der Waals surface area contributed by atoms with Crippen LogP contribution in [-0.4, -0.2) is 56.9 Å². The van der Waals surface area contributed by atoms with E-state index in [-0.39, 0.29) is 24.0 Å². The SMILES string of the molecule is CN=C(NCCCOc1cc(OC)cc(OC)c1)N(C)Cc1cccn1C.I. The van der Waals surface area contributed by atoms with E-state index in [1.807, 2.05) is 44.6 Å². The number of nitrogens with zero attached hydrogens (tertiary/aromatic N) is 3. The number of hydrogen-bond donors (Lipinski definition) is 1. The summed E-state index contributed by atoms with van der Waals surface area (Å²) in [6, 6.07) is 9.68. The highest BCUT2D eigenvalue weighted by molar-refractivity contribution is 14.0. The van der Waals surface area contributed by atoms with E-state index >= 15 is 0 Å². The number of halogens is 1. The first-order valence-corrected chi connectivity index (χ1v) is 8.95. The highest BCUT2D eigenvalue weighted by Gasteiger charge is 2.08. The second kappa shape index (κ2) is 12.4. The summed E-state index contributed by atoms with van der Waals surface area (Å²) in [7, 11) is 9.12. The van der Waals surface area contributed by atoms with Crippen LogP contribution in [-0.2, 0) is 13.6 Å². The molecule has 8 heteroatoms. The van der Waals surface area contributed by atoms with Gasteiger partial charge in [0.1, 0.15) is 17.2 Å². The van der Waals surface area contributed by atoms with E-state index in [4.69, 9.17) is 14.2 Å². The first-order chi connectivity index (χ1) is 13.1. The minimum absolute atomic E-state index is 0. The topological polar surface area (TPSA) is 60.3 Å². The van der Waals surface area contributed by atoms with Crippen molar-refractivity contribution in [3.63, 3.8) is 0 Å². The van der Waals surface area contributed by atoms with Crippen molar-refractivity contribution in [1.29, 1.82) is 0 Å². The van der Waals surface area contributed by atoms with Crippen molar-refractivity contribution in [3.05, 3.63) is 42.2 Å². The van der Waals surface area contributed by atoms with Gasteiger partial charge in [-0.25, -0.2) is 0 Å². The minimum atomic E-state index is 0. The Bertz CT molecular complexity index is 727. The molecule has 0 aliphatic heterocycles. The van der Waals surface area contributed by atoms with Gasteiger partial charge in [0.15, 0.2) is 5.96 Å². The summed E-state index contributed by atoms with van der Waals surface area (Å²) >= 11 is 0. The molecule has 1 aromatic carbocycles. The summed E-state index contributed by atoms with van der Waals surface area (Å²) in [5, 5.41) is 3.37. The van der Waals surface area contributed by atoms with Crippen molar-refractivity contribution in [2.24, 2.45) is 12.0 Å². The van der Waals surface area contributed by atoms with Gasteiger partial charge in [-0.1, -0.05) is 0 Å². The molecular weight excluding hydrogens is 471 g/mol. The number of hydrogen-bond acceptors (Lipinski definition) is 4. The molecule has 1 heterocycles. The van der Waals surface area contributed by atoms with Gasteiger partial charge in [-0.3, -0.25) is 4.99 Å². The Balaban J connectivity index is 0.00000392. The van der Waals surface area contributed by atoms with E-state index in [9.17, 15) is 0 Å². The van der Waals surface area contributed by atoms with Crippen LogP contribution in [0.15, 0.2) is 41.5 Å². The highest BCUT2D eigenvalue weighted by atomic mass is 127. The van der Waals surface area contributed by atoms with Gasteiger partial charge in [0.05, 0.1) is 27.4 Å². The number of rotatable bonds is 9. The van der Waals surface area contributed by atoms with Gasteiger partial charge < -0.3 is 29.0 Å². The van der Waals surface area contributed by atoms with Gasteiger partial charge in [0, 0.05) is 57.8 Å². The number of methoxy groups -OCH3 is 2. The van der Waals surface area contributed by atoms with Crippen molar-refractivity contribution in [2.75, 3.05) is 41.5 Å². The molecule has 0 fully saturated rings. The quantitative estimate of drug-likeness (QED) is 0.247. The maximum atomic E-state index is 5.81. The van der Waals surface area contributed by atoms with Gasteiger partial charge in [-0.15, -0.1) is 24.0 Å². The minimum Gasteiger partial charge on any atom is -0.496 e. The standard InChI is InChI=1S/C20H30N4O3.HI/c1-21-20(24(3)15-16-8-6-10-23(16)2)22-9-7-11-27-19-13-17(25-4)12-18(14-19)26-5;/h6,8,10,12-14H,7,9,11,15H2,1-5H3,(H,21,22);1H. The predicted molar refractivity (Wildman–Crippen MR) is 123 cm³/mol. The molecule has 0 amide bonds. The molecule has 0 radical (unpaired) electrons. The van der Waals surface area contributed by atoms with Crippen LogP contribution in [0.2, 0.25) is 0 Å². The fourth-order valence-electron chi connectivity index (χ4n) is 2.69. The molecule has 0 spiro atoms. The second-order valence-electron chi connectivity index (χ2n) is 6.19. The number of benzene rings is 1. The van der Waals surface area contributed by atoms with E-state index in [1.165, 1.54) is 5.69 Å². The molecule has 0 aliphatic carbocycles. The summed E-state index contributed by atoms with van der Waals surface area (Å²) in [5.41, 5.74) is 1.23. The Hall–Kier alpha value is -2.10. The molecule has 0 bridgehead atoms. The number of aromatic nitrogens is 1. The lowest BCUT2D eigenvalue weighted by Crippen LogP contribution is -2.39. The zero-order chi connectivity index (χ0) is 19.6. The van der Waals surface area contributed by atoms with Crippen LogP contribution >= 0.6 is 24.0 Å². The van der Waals surface area contributed by atoms with Crippen LogP contribution in [0.25, 0.3) is 0 Å². The molecule has 1 N–H and O–H groups in total. The third-order valence-corrected chi connectivity index (χ3v) is 4.22. The average Bonchev–Trinajstić information content (AvgIpc) is 3.08. The fraction of sp³-hybridized carbons (Fsp3) is 0.450. The molecule has 7 nitrogen and oxygen atoms in total. The van der Waals surface area contributed by atoms with Crippen LogP contribution in [0.4, 0.5) is 0 Å². The molecule has 0 atom stereocenters. The van der Waals surface area contributed by atoms with E-state index in [0.29, 0.717) is 18.1 Å². The smallest absolute Gasteiger partial charge is 0.193 e. The van der Waals surface area contributed by atoms with Crippen molar-refractivity contribution >= 4 is 29.9 Å². The van der Waals surface area contributed by atoms with E-state index in [0.717, 1.165) is 31.2 Å². The van der Waals surface area contributed by atoms with Crippen LogP contribution in [0, 0.1) is 0 Å². The van der Waals surface area contributed by atoms with Gasteiger partial charge in [-0.2, -0.15) is 0 Å². The van der Waals surface area contributed by atoms with Gasteiger partial charge in [-0.05, 0) is 18.6 Å². The van der Waals surface area contributed by atoms with Crippen molar-refractivity contribution in [2.45, 2.75) is 13.0 Å². The van der Waals surface area contributed by atoms with Crippen LogP contribution < -0.4 is 19.5 Å². The number of nitrogens with one attached hydrogen (secondary N) is 1. The van der Waals surface area contributed by atoms with Crippen molar-refractivity contribution in [3.8, 4) is 17.2 Å². The largest absolute Gasteiger partial charge is 0.496 e. The average molecular weight is 502 g/mol. The zero-order valence-corrected chi connectivity index (χ0v) is 19.6. The Morgan fingerprint density at radius 1 is 1.14 bits per heavy atom. The Labute approximate surface area is 184 Å². The molecule has 0 unspecified atom stereocenters. The normalized spacial score (nSPS) is 10.8. The number of ether oxygens (including phenoxy) is 3. The van der Waals surface area contributed by atoms with Gasteiger partial charge in [0.25, 0.3) is 0 Å². The zero-order valence-electron chi connectivity index (χ0n) is 17.3. The maximum absolute atomic E-state index is 5.81. The molecule has 0 saturated carbocycles. The second-order valence-corrected chi connectivity index (χ2v) is 6.19. The Kier molecular flexibility index (Phi) is 10.6. The van der Waals surface area contributed by atoms with Gasteiger partial charge >= 0.3 is 0 Å². The van der Waals surface area contributed by atoms with E-state index in [1.54, 1.807) is 21.3 Å². The molecular formula is C20H31IN4O3. The van der Waals surface area contributed by atoms with Crippen LogP contribution in [0.3, 0.4) is 0 Å². The van der Waals surface area contributed by atoms with E-state index in [2.05, 4.69) is 25.8 Å². The summed E-state index contributed by atoms with van der Waals surface area (Å²) < 4.78 is 18.4. The predicted octanol–water partition coefficient (Wildman–Crippen LogP) is 3.14. The Morgan fingerprint density at radius 2 is 1.79 bits per heavy atom. The number of aryl methyl sites for hydroxylation is 1. The molecule has 28 heavy (non-hydrogen) atoms. The van der Waals surface area contributed by atoms with Crippen LogP contribution in [0.5, 0.6) is 17.2 Å². The third-order valence-electron chi connectivity index (χ3n) is 4.22. The van der Waals surface area contributed by atoms with Crippen molar-refractivity contribution in [1.82, 2.24) is 14.8 Å². The summed E-state index contributed by atoms with van der Waals surface area (Å²) in [4.78, 5) is 6.45. The van der Waals surface area contributed by atoms with E-state index < -0.39 is 0 Å². The lowest BCUT2D eigenvalue weighted by Gasteiger charge is -2.22. The third kappa shape index (κ3) is 7.14. The number of guanidine groups is 1. The molecule has 0 aliphatic rings. The summed E-state index contributed by atoms with van der Waals surface area (Å²) in [6.45, 7) is 2.15. The molecule has 0 saturated heterocycles. The van der Waals surface area contributed by atoms with Crippen molar-refractivity contribution < 1.29 is 14.2 Å². The highest BCUT2D eigenvalue weighted by Crippen LogP contribution is 2.27. The Morgan fingerprint density at radius 3 is 2.32 bits per heavy atom. The first kappa shape index (κ1) is 23.9.